The van der Waals surface area contributed by atoms with Gasteiger partial charge in [-0.15, -0.1) is 0 Å². The van der Waals surface area contributed by atoms with Crippen LogP contribution in [0.5, 0.6) is 0 Å². The van der Waals surface area contributed by atoms with E-state index < -0.39 is 10.8 Å². The Morgan fingerprint density at radius 1 is 1.33 bits per heavy atom. The minimum atomic E-state index is -0.852. The fraction of sp³-hybridized carbons (Fsp3) is 0.333. The second kappa shape index (κ2) is 3.37. The van der Waals surface area contributed by atoms with Crippen LogP contribution in [0, 0.1) is 0 Å². The molecule has 2 unspecified atom stereocenters. The molecule has 0 amide bonds. The fourth-order valence-electron chi connectivity index (χ4n) is 1.16. The standard InChI is InChI=1S/C9H11NOS/c11-12(9-6-7-10-9)8-4-2-1-3-5-8/h1-5,9-10H,6-7H2. The third-order valence-corrected chi connectivity index (χ3v) is 3.67. The van der Waals surface area contributed by atoms with E-state index in [-0.39, 0.29) is 5.37 Å². The third kappa shape index (κ3) is 1.42. The summed E-state index contributed by atoms with van der Waals surface area (Å²) in [6.07, 6.45) is 1.03. The van der Waals surface area contributed by atoms with Gasteiger partial charge in [0.25, 0.3) is 0 Å². The van der Waals surface area contributed by atoms with E-state index in [1.165, 1.54) is 0 Å². The Hall–Kier alpha value is -0.670. The van der Waals surface area contributed by atoms with Crippen LogP contribution in [0.2, 0.25) is 0 Å². The predicted octanol–water partition coefficient (Wildman–Crippen LogP) is 1.11. The average molecular weight is 181 g/mol. The van der Waals surface area contributed by atoms with Crippen molar-refractivity contribution in [2.45, 2.75) is 16.7 Å². The molecule has 2 atom stereocenters. The van der Waals surface area contributed by atoms with E-state index in [0.29, 0.717) is 0 Å². The Balaban J connectivity index is 2.14. The van der Waals surface area contributed by atoms with E-state index in [1.54, 1.807) is 0 Å². The van der Waals surface area contributed by atoms with E-state index in [2.05, 4.69) is 5.32 Å². The molecule has 2 rings (SSSR count). The molecule has 1 aliphatic rings. The number of rotatable bonds is 2. The maximum Gasteiger partial charge on any atom is 0.0894 e. The van der Waals surface area contributed by atoms with E-state index in [4.69, 9.17) is 0 Å². The molecule has 3 heteroatoms. The minimum Gasteiger partial charge on any atom is -0.303 e. The van der Waals surface area contributed by atoms with Crippen molar-refractivity contribution < 1.29 is 4.21 Å². The summed E-state index contributed by atoms with van der Waals surface area (Å²) in [5.41, 5.74) is 0. The molecule has 0 spiro atoms. The van der Waals surface area contributed by atoms with Crippen molar-refractivity contribution in [3.8, 4) is 0 Å². The highest BCUT2D eigenvalue weighted by molar-refractivity contribution is 7.85. The number of benzene rings is 1. The summed E-state index contributed by atoms with van der Waals surface area (Å²) in [4.78, 5) is 0.926. The van der Waals surface area contributed by atoms with Gasteiger partial charge in [0.1, 0.15) is 0 Å². The van der Waals surface area contributed by atoms with Gasteiger partial charge in [-0.3, -0.25) is 4.21 Å². The molecule has 0 radical (unpaired) electrons. The van der Waals surface area contributed by atoms with E-state index in [1.807, 2.05) is 30.3 Å². The van der Waals surface area contributed by atoms with Crippen LogP contribution in [-0.4, -0.2) is 16.1 Å². The quantitative estimate of drug-likeness (QED) is 0.740. The van der Waals surface area contributed by atoms with Crippen molar-refractivity contribution in [2.75, 3.05) is 6.54 Å². The zero-order valence-electron chi connectivity index (χ0n) is 6.69. The molecule has 1 heterocycles. The molecule has 2 nitrogen and oxygen atoms in total. The van der Waals surface area contributed by atoms with E-state index in [0.717, 1.165) is 17.9 Å². The second-order valence-corrected chi connectivity index (χ2v) is 4.48. The van der Waals surface area contributed by atoms with Gasteiger partial charge in [0.2, 0.25) is 0 Å². The molecule has 1 aromatic rings. The Labute approximate surface area is 74.4 Å². The lowest BCUT2D eigenvalue weighted by molar-refractivity contribution is 0.471. The zero-order valence-corrected chi connectivity index (χ0v) is 7.51. The molecule has 1 aromatic carbocycles. The third-order valence-electron chi connectivity index (χ3n) is 2.01. The SMILES string of the molecule is O=S(c1ccccc1)C1CCN1. The average Bonchev–Trinajstić information content (AvgIpc) is 2.03. The maximum absolute atomic E-state index is 11.7. The molecule has 0 bridgehead atoms. The smallest absolute Gasteiger partial charge is 0.0894 e. The number of hydrogen-bond acceptors (Lipinski definition) is 2. The Morgan fingerprint density at radius 2 is 2.00 bits per heavy atom. The summed E-state index contributed by atoms with van der Waals surface area (Å²) in [6.45, 7) is 1.00. The molecule has 0 saturated carbocycles. The molecule has 0 aliphatic carbocycles. The minimum absolute atomic E-state index is 0.187. The van der Waals surface area contributed by atoms with Gasteiger partial charge in [-0.05, 0) is 25.1 Å². The van der Waals surface area contributed by atoms with Crippen LogP contribution in [0.15, 0.2) is 35.2 Å². The Morgan fingerprint density at radius 3 is 2.50 bits per heavy atom. The lowest BCUT2D eigenvalue weighted by Crippen LogP contribution is -2.45. The van der Waals surface area contributed by atoms with Crippen molar-refractivity contribution in [1.82, 2.24) is 5.32 Å². The molecular formula is C9H11NOS. The van der Waals surface area contributed by atoms with Gasteiger partial charge < -0.3 is 5.32 Å². The highest BCUT2D eigenvalue weighted by Crippen LogP contribution is 2.15. The summed E-state index contributed by atoms with van der Waals surface area (Å²) in [5, 5.41) is 3.33. The van der Waals surface area contributed by atoms with Gasteiger partial charge in [0.15, 0.2) is 0 Å². The highest BCUT2D eigenvalue weighted by Gasteiger charge is 2.23. The van der Waals surface area contributed by atoms with E-state index in [9.17, 15) is 4.21 Å². The van der Waals surface area contributed by atoms with Crippen LogP contribution in [-0.2, 0) is 10.8 Å². The Kier molecular flexibility index (Phi) is 2.23. The van der Waals surface area contributed by atoms with Gasteiger partial charge in [-0.25, -0.2) is 0 Å². The van der Waals surface area contributed by atoms with Crippen molar-refractivity contribution in [1.29, 1.82) is 0 Å². The van der Waals surface area contributed by atoms with Gasteiger partial charge in [-0.1, -0.05) is 18.2 Å². The monoisotopic (exact) mass is 181 g/mol. The summed E-state index contributed by atoms with van der Waals surface area (Å²) < 4.78 is 11.7. The van der Waals surface area contributed by atoms with Crippen LogP contribution in [0.25, 0.3) is 0 Å². The first-order valence-electron chi connectivity index (χ1n) is 4.07. The molecule has 0 aromatic heterocycles. The predicted molar refractivity (Wildman–Crippen MR) is 49.3 cm³/mol. The van der Waals surface area contributed by atoms with Gasteiger partial charge in [0, 0.05) is 4.90 Å². The fourth-order valence-corrected chi connectivity index (χ4v) is 2.52. The molecule has 12 heavy (non-hydrogen) atoms. The van der Waals surface area contributed by atoms with Crippen molar-refractivity contribution >= 4 is 10.8 Å². The van der Waals surface area contributed by atoms with Crippen molar-refractivity contribution in [3.63, 3.8) is 0 Å². The zero-order chi connectivity index (χ0) is 8.39. The lowest BCUT2D eigenvalue weighted by Gasteiger charge is -2.26. The van der Waals surface area contributed by atoms with Crippen LogP contribution >= 0.6 is 0 Å². The summed E-state index contributed by atoms with van der Waals surface area (Å²) in [6, 6.07) is 9.61. The van der Waals surface area contributed by atoms with Crippen molar-refractivity contribution in [2.24, 2.45) is 0 Å². The first kappa shape index (κ1) is 7.95. The molecule has 1 aliphatic heterocycles. The van der Waals surface area contributed by atoms with Gasteiger partial charge in [-0.2, -0.15) is 0 Å². The molecule has 1 saturated heterocycles. The first-order chi connectivity index (χ1) is 5.88. The molecule has 1 N–H and O–H groups in total. The van der Waals surface area contributed by atoms with E-state index >= 15 is 0 Å². The van der Waals surface area contributed by atoms with Crippen LogP contribution in [0.3, 0.4) is 0 Å². The normalized spacial score (nSPS) is 24.5. The van der Waals surface area contributed by atoms with Crippen LogP contribution in [0.1, 0.15) is 6.42 Å². The maximum atomic E-state index is 11.7. The number of hydrogen-bond donors (Lipinski definition) is 1. The summed E-state index contributed by atoms with van der Waals surface area (Å²) in [5.74, 6) is 0. The Bertz CT molecular complexity index is 282. The number of nitrogens with one attached hydrogen (secondary N) is 1. The lowest BCUT2D eigenvalue weighted by atomic mass is 10.3. The largest absolute Gasteiger partial charge is 0.303 e. The van der Waals surface area contributed by atoms with Crippen molar-refractivity contribution in [3.05, 3.63) is 30.3 Å². The summed E-state index contributed by atoms with van der Waals surface area (Å²) in [7, 11) is -0.852. The molecule has 1 fully saturated rings. The van der Waals surface area contributed by atoms with Gasteiger partial charge >= 0.3 is 0 Å². The van der Waals surface area contributed by atoms with Crippen LogP contribution in [0.4, 0.5) is 0 Å². The van der Waals surface area contributed by atoms with Crippen LogP contribution < -0.4 is 5.32 Å². The second-order valence-electron chi connectivity index (χ2n) is 2.84. The van der Waals surface area contributed by atoms with Gasteiger partial charge in [0.05, 0.1) is 16.2 Å². The first-order valence-corrected chi connectivity index (χ1v) is 5.28. The molecule has 64 valence electrons. The topological polar surface area (TPSA) is 29.1 Å². The highest BCUT2D eigenvalue weighted by atomic mass is 32.2. The summed E-state index contributed by atoms with van der Waals surface area (Å²) >= 11 is 0. The molecular weight excluding hydrogens is 170 g/mol.